The molecule has 0 aliphatic carbocycles. The second kappa shape index (κ2) is 5.55. The fourth-order valence-electron chi connectivity index (χ4n) is 1.84. The van der Waals surface area contributed by atoms with Crippen LogP contribution in [0, 0.1) is 0 Å². The Balaban J connectivity index is 2.28. The van der Waals surface area contributed by atoms with Gasteiger partial charge in [-0.1, -0.05) is 49.7 Å². The molecule has 1 aromatic carbocycles. The molecule has 2 aromatic rings. The Morgan fingerprint density at radius 3 is 2.50 bits per heavy atom. The first-order valence-corrected chi connectivity index (χ1v) is 6.49. The Hall–Kier alpha value is -1.32. The molecule has 2 rings (SSSR count). The van der Waals surface area contributed by atoms with E-state index in [9.17, 15) is 0 Å². The Morgan fingerprint density at radius 1 is 1.28 bits per heavy atom. The number of aromatic nitrogens is 2. The van der Waals surface area contributed by atoms with E-state index in [1.165, 1.54) is 5.56 Å². The average Bonchev–Trinajstić information content (AvgIpc) is 2.72. The van der Waals surface area contributed by atoms with Crippen molar-refractivity contribution in [2.75, 3.05) is 7.05 Å². The highest BCUT2D eigenvalue weighted by Gasteiger charge is 2.09. The number of rotatable bonds is 4. The molecular formula is C14H18ClN3. The summed E-state index contributed by atoms with van der Waals surface area (Å²) in [6.45, 7) is 5.06. The van der Waals surface area contributed by atoms with Crippen molar-refractivity contribution in [1.29, 1.82) is 0 Å². The first kappa shape index (κ1) is 13.1. The molecule has 1 heterocycles. The van der Waals surface area contributed by atoms with Gasteiger partial charge in [-0.05, 0) is 18.5 Å². The molecule has 4 heteroatoms. The van der Waals surface area contributed by atoms with E-state index in [4.69, 9.17) is 11.6 Å². The van der Waals surface area contributed by atoms with Gasteiger partial charge in [0, 0.05) is 12.1 Å². The van der Waals surface area contributed by atoms with Gasteiger partial charge in [-0.15, -0.1) is 0 Å². The fourth-order valence-corrected chi connectivity index (χ4v) is 2.04. The molecule has 0 saturated heterocycles. The van der Waals surface area contributed by atoms with Crippen molar-refractivity contribution in [2.45, 2.75) is 26.3 Å². The van der Waals surface area contributed by atoms with Crippen molar-refractivity contribution in [3.8, 4) is 11.4 Å². The zero-order valence-electron chi connectivity index (χ0n) is 10.9. The lowest BCUT2D eigenvalue weighted by Crippen LogP contribution is -2.05. The minimum atomic E-state index is 0.535. The van der Waals surface area contributed by atoms with Crippen LogP contribution < -0.4 is 5.32 Å². The third-order valence-electron chi connectivity index (χ3n) is 2.93. The average molecular weight is 264 g/mol. The monoisotopic (exact) mass is 263 g/mol. The summed E-state index contributed by atoms with van der Waals surface area (Å²) < 4.78 is 0. The number of hydrogen-bond acceptors (Lipinski definition) is 2. The zero-order valence-corrected chi connectivity index (χ0v) is 11.7. The first-order chi connectivity index (χ1) is 8.61. The highest BCUT2D eigenvalue weighted by molar-refractivity contribution is 6.30. The largest absolute Gasteiger partial charge is 0.339 e. The van der Waals surface area contributed by atoms with E-state index >= 15 is 0 Å². The van der Waals surface area contributed by atoms with Gasteiger partial charge in [0.15, 0.2) is 5.15 Å². The predicted octanol–water partition coefficient (Wildman–Crippen LogP) is 3.57. The van der Waals surface area contributed by atoms with Crippen LogP contribution in [-0.4, -0.2) is 17.0 Å². The number of imidazole rings is 1. The maximum absolute atomic E-state index is 6.07. The van der Waals surface area contributed by atoms with E-state index in [1.807, 2.05) is 7.05 Å². The molecule has 0 aliphatic heterocycles. The standard InChI is InChI=1S/C14H18ClN3/c1-9(2)10-4-6-11(7-5-10)14-17-12(8-16-3)13(15)18-14/h4-7,9,16H,8H2,1-3H3,(H,17,18). The quantitative estimate of drug-likeness (QED) is 0.885. The minimum Gasteiger partial charge on any atom is -0.339 e. The van der Waals surface area contributed by atoms with E-state index < -0.39 is 0 Å². The van der Waals surface area contributed by atoms with E-state index in [0.29, 0.717) is 17.6 Å². The molecule has 0 saturated carbocycles. The molecule has 0 spiro atoms. The van der Waals surface area contributed by atoms with Crippen LogP contribution in [0.25, 0.3) is 11.4 Å². The van der Waals surface area contributed by atoms with Crippen LogP contribution in [0.15, 0.2) is 24.3 Å². The van der Waals surface area contributed by atoms with Gasteiger partial charge in [-0.2, -0.15) is 0 Å². The smallest absolute Gasteiger partial charge is 0.152 e. The van der Waals surface area contributed by atoms with Gasteiger partial charge in [0.2, 0.25) is 0 Å². The summed E-state index contributed by atoms with van der Waals surface area (Å²) in [5.74, 6) is 1.36. The molecule has 18 heavy (non-hydrogen) atoms. The van der Waals surface area contributed by atoms with Crippen LogP contribution >= 0.6 is 11.6 Å². The first-order valence-electron chi connectivity index (χ1n) is 6.11. The molecule has 0 aliphatic rings. The van der Waals surface area contributed by atoms with Crippen LogP contribution in [0.5, 0.6) is 0 Å². The van der Waals surface area contributed by atoms with E-state index in [0.717, 1.165) is 17.1 Å². The number of hydrogen-bond donors (Lipinski definition) is 2. The molecule has 0 amide bonds. The second-order valence-electron chi connectivity index (χ2n) is 4.66. The summed E-state index contributed by atoms with van der Waals surface area (Å²) in [5.41, 5.74) is 3.30. The van der Waals surface area contributed by atoms with Crippen molar-refractivity contribution >= 4 is 11.6 Å². The van der Waals surface area contributed by atoms with Gasteiger partial charge in [-0.25, -0.2) is 4.98 Å². The second-order valence-corrected chi connectivity index (χ2v) is 5.02. The summed E-state index contributed by atoms with van der Waals surface area (Å²) in [4.78, 5) is 7.59. The van der Waals surface area contributed by atoms with Gasteiger partial charge >= 0.3 is 0 Å². The predicted molar refractivity (Wildman–Crippen MR) is 75.9 cm³/mol. The maximum Gasteiger partial charge on any atom is 0.152 e. The Morgan fingerprint density at radius 2 is 1.94 bits per heavy atom. The van der Waals surface area contributed by atoms with Crippen molar-refractivity contribution < 1.29 is 0 Å². The van der Waals surface area contributed by atoms with Crippen LogP contribution in [0.2, 0.25) is 5.15 Å². The molecule has 1 aromatic heterocycles. The minimum absolute atomic E-state index is 0.535. The van der Waals surface area contributed by atoms with Crippen molar-refractivity contribution in [2.24, 2.45) is 0 Å². The molecule has 0 bridgehead atoms. The summed E-state index contributed by atoms with van der Waals surface area (Å²) in [7, 11) is 1.88. The third kappa shape index (κ3) is 2.74. The molecule has 2 N–H and O–H groups in total. The van der Waals surface area contributed by atoms with Crippen molar-refractivity contribution in [3.63, 3.8) is 0 Å². The zero-order chi connectivity index (χ0) is 13.1. The molecule has 0 atom stereocenters. The number of benzene rings is 1. The molecule has 0 fully saturated rings. The molecule has 0 radical (unpaired) electrons. The normalized spacial score (nSPS) is 11.2. The summed E-state index contributed by atoms with van der Waals surface area (Å²) in [6, 6.07) is 8.42. The van der Waals surface area contributed by atoms with Crippen molar-refractivity contribution in [3.05, 3.63) is 40.7 Å². The number of H-pyrrole nitrogens is 1. The number of nitrogens with one attached hydrogen (secondary N) is 2. The van der Waals surface area contributed by atoms with Crippen LogP contribution in [-0.2, 0) is 6.54 Å². The SMILES string of the molecule is CNCc1[nH]c(-c2ccc(C(C)C)cc2)nc1Cl. The van der Waals surface area contributed by atoms with Gasteiger partial charge in [0.1, 0.15) is 5.82 Å². The summed E-state index contributed by atoms with van der Waals surface area (Å²) in [5, 5.41) is 3.59. The number of nitrogens with zero attached hydrogens (tertiary/aromatic N) is 1. The van der Waals surface area contributed by atoms with Crippen molar-refractivity contribution in [1.82, 2.24) is 15.3 Å². The lowest BCUT2D eigenvalue weighted by Gasteiger charge is -2.05. The Bertz CT molecular complexity index is 514. The topological polar surface area (TPSA) is 40.7 Å². The van der Waals surface area contributed by atoms with E-state index in [2.05, 4.69) is 53.4 Å². The van der Waals surface area contributed by atoms with E-state index in [-0.39, 0.29) is 0 Å². The maximum atomic E-state index is 6.07. The number of aromatic amines is 1. The van der Waals surface area contributed by atoms with Gasteiger partial charge in [0.05, 0.1) is 5.69 Å². The third-order valence-corrected chi connectivity index (χ3v) is 3.25. The van der Waals surface area contributed by atoms with Crippen LogP contribution in [0.1, 0.15) is 31.0 Å². The Kier molecular flexibility index (Phi) is 4.04. The van der Waals surface area contributed by atoms with Gasteiger partial charge in [0.25, 0.3) is 0 Å². The Labute approximate surface area is 113 Å². The summed E-state index contributed by atoms with van der Waals surface area (Å²) >= 11 is 6.07. The van der Waals surface area contributed by atoms with Gasteiger partial charge in [-0.3, -0.25) is 0 Å². The highest BCUT2D eigenvalue weighted by atomic mass is 35.5. The molecule has 3 nitrogen and oxygen atoms in total. The fraction of sp³-hybridized carbons (Fsp3) is 0.357. The lowest BCUT2D eigenvalue weighted by molar-refractivity contribution is 0.798. The van der Waals surface area contributed by atoms with Crippen LogP contribution in [0.4, 0.5) is 0 Å². The van der Waals surface area contributed by atoms with E-state index in [1.54, 1.807) is 0 Å². The molecular weight excluding hydrogens is 246 g/mol. The number of halogens is 1. The lowest BCUT2D eigenvalue weighted by atomic mass is 10.0. The van der Waals surface area contributed by atoms with Gasteiger partial charge < -0.3 is 10.3 Å². The molecule has 0 unspecified atom stereocenters. The van der Waals surface area contributed by atoms with Crippen LogP contribution in [0.3, 0.4) is 0 Å². The highest BCUT2D eigenvalue weighted by Crippen LogP contribution is 2.23. The summed E-state index contributed by atoms with van der Waals surface area (Å²) in [6.07, 6.45) is 0. The molecule has 96 valence electrons.